The molecular formula is C24H22N4O5. The molecule has 33 heavy (non-hydrogen) atoms. The summed E-state index contributed by atoms with van der Waals surface area (Å²) in [5.41, 5.74) is 1.06. The smallest absolute Gasteiger partial charge is 0.325 e. The van der Waals surface area contributed by atoms with E-state index in [2.05, 4.69) is 10.5 Å². The van der Waals surface area contributed by atoms with E-state index in [1.165, 1.54) is 0 Å². The first kappa shape index (κ1) is 20.7. The van der Waals surface area contributed by atoms with E-state index in [4.69, 9.17) is 8.94 Å². The maximum absolute atomic E-state index is 13.3. The molecule has 9 nitrogen and oxygen atoms in total. The average Bonchev–Trinajstić information content (AvgIpc) is 3.51. The highest BCUT2D eigenvalue weighted by atomic mass is 16.5. The van der Waals surface area contributed by atoms with Gasteiger partial charge in [-0.15, -0.1) is 0 Å². The zero-order valence-corrected chi connectivity index (χ0v) is 18.6. The highest BCUT2D eigenvalue weighted by molar-refractivity contribution is 6.11. The standard InChI is InChI=1S/C24H22N4O5/c1-13-9-17(15(3)28(13)21-10-14(2)33-26-21)18(29)12-27-22(30)24(4,25-23(27)31)20-11-16-7-5-6-8-19(16)32-20/h5-11H,12H2,1-4H3,(H,25,31). The molecule has 3 amide bonds. The topological polar surface area (TPSA) is 111 Å². The molecule has 0 spiro atoms. The van der Waals surface area contributed by atoms with Crippen molar-refractivity contribution in [3.8, 4) is 5.82 Å². The van der Waals surface area contributed by atoms with Gasteiger partial charge in [-0.25, -0.2) is 4.79 Å². The number of benzene rings is 1. The number of amides is 3. The molecule has 1 saturated heterocycles. The molecule has 1 aliphatic rings. The van der Waals surface area contributed by atoms with E-state index in [0.29, 0.717) is 34.2 Å². The van der Waals surface area contributed by atoms with E-state index in [-0.39, 0.29) is 12.3 Å². The van der Waals surface area contributed by atoms with Gasteiger partial charge in [0, 0.05) is 28.4 Å². The van der Waals surface area contributed by atoms with Crippen LogP contribution in [0.15, 0.2) is 51.4 Å². The molecule has 4 heterocycles. The van der Waals surface area contributed by atoms with Crippen LogP contribution in [-0.4, -0.2) is 38.9 Å². The number of imide groups is 1. The lowest BCUT2D eigenvalue weighted by Crippen LogP contribution is -2.41. The van der Waals surface area contributed by atoms with E-state index in [0.717, 1.165) is 16.0 Å². The number of rotatable bonds is 5. The number of hydrogen-bond donors (Lipinski definition) is 1. The van der Waals surface area contributed by atoms with Gasteiger partial charge in [0.05, 0.1) is 6.54 Å². The van der Waals surface area contributed by atoms with Crippen LogP contribution in [0.25, 0.3) is 16.8 Å². The fourth-order valence-corrected chi connectivity index (χ4v) is 4.32. The summed E-state index contributed by atoms with van der Waals surface area (Å²) in [5, 5.41) is 7.52. The molecule has 3 aromatic heterocycles. The number of furan rings is 1. The first-order chi connectivity index (χ1) is 15.7. The van der Waals surface area contributed by atoms with Crippen LogP contribution in [0.3, 0.4) is 0 Å². The SMILES string of the molecule is Cc1cc(-n2c(C)cc(C(=O)CN3C(=O)NC(C)(c4cc5ccccc5o4)C3=O)c2C)no1. The lowest BCUT2D eigenvalue weighted by molar-refractivity contribution is -0.131. The lowest BCUT2D eigenvalue weighted by atomic mass is 9.98. The van der Waals surface area contributed by atoms with Crippen LogP contribution >= 0.6 is 0 Å². The van der Waals surface area contributed by atoms with Crippen LogP contribution in [0.1, 0.15) is 40.2 Å². The van der Waals surface area contributed by atoms with Crippen molar-refractivity contribution >= 4 is 28.7 Å². The minimum atomic E-state index is -1.40. The lowest BCUT2D eigenvalue weighted by Gasteiger charge is -2.18. The van der Waals surface area contributed by atoms with Crippen LogP contribution in [0.5, 0.6) is 0 Å². The third-order valence-electron chi connectivity index (χ3n) is 6.07. The van der Waals surface area contributed by atoms with Crippen molar-refractivity contribution in [3.63, 3.8) is 0 Å². The molecule has 1 N–H and O–H groups in total. The summed E-state index contributed by atoms with van der Waals surface area (Å²) in [4.78, 5) is 40.1. The Morgan fingerprint density at radius 3 is 2.58 bits per heavy atom. The van der Waals surface area contributed by atoms with Crippen molar-refractivity contribution in [2.75, 3.05) is 6.54 Å². The Balaban J connectivity index is 1.42. The first-order valence-corrected chi connectivity index (χ1v) is 10.5. The van der Waals surface area contributed by atoms with E-state index in [1.807, 2.05) is 25.1 Å². The van der Waals surface area contributed by atoms with Crippen molar-refractivity contribution in [2.24, 2.45) is 0 Å². The molecule has 0 bridgehead atoms. The molecule has 168 valence electrons. The minimum Gasteiger partial charge on any atom is -0.458 e. The summed E-state index contributed by atoms with van der Waals surface area (Å²) in [6, 6.07) is 11.9. The molecular weight excluding hydrogens is 424 g/mol. The van der Waals surface area contributed by atoms with Crippen molar-refractivity contribution < 1.29 is 23.3 Å². The van der Waals surface area contributed by atoms with E-state index >= 15 is 0 Å². The van der Waals surface area contributed by atoms with Gasteiger partial charge in [-0.2, -0.15) is 0 Å². The third kappa shape index (κ3) is 3.15. The van der Waals surface area contributed by atoms with Gasteiger partial charge in [0.25, 0.3) is 5.91 Å². The zero-order chi connectivity index (χ0) is 23.5. The molecule has 1 atom stereocenters. The summed E-state index contributed by atoms with van der Waals surface area (Å²) in [7, 11) is 0. The number of nitrogens with zero attached hydrogens (tertiary/aromatic N) is 3. The van der Waals surface area contributed by atoms with Crippen LogP contribution in [0.2, 0.25) is 0 Å². The predicted molar refractivity (Wildman–Crippen MR) is 118 cm³/mol. The molecule has 0 aliphatic carbocycles. The van der Waals surface area contributed by atoms with E-state index in [1.54, 1.807) is 49.6 Å². The second-order valence-electron chi connectivity index (χ2n) is 8.43. The maximum Gasteiger partial charge on any atom is 0.325 e. The van der Waals surface area contributed by atoms with Gasteiger partial charge in [0.1, 0.15) is 17.1 Å². The predicted octanol–water partition coefficient (Wildman–Crippen LogP) is 3.79. The van der Waals surface area contributed by atoms with Crippen molar-refractivity contribution in [2.45, 2.75) is 33.2 Å². The number of carbonyl (C=O) groups is 3. The van der Waals surface area contributed by atoms with E-state index in [9.17, 15) is 14.4 Å². The third-order valence-corrected chi connectivity index (χ3v) is 6.07. The highest BCUT2D eigenvalue weighted by Crippen LogP contribution is 2.33. The summed E-state index contributed by atoms with van der Waals surface area (Å²) in [5.74, 6) is 0.632. The Labute approximate surface area is 188 Å². The number of aryl methyl sites for hydroxylation is 2. The quantitative estimate of drug-likeness (QED) is 0.369. The number of nitrogens with one attached hydrogen (secondary N) is 1. The second-order valence-corrected chi connectivity index (χ2v) is 8.43. The van der Waals surface area contributed by atoms with Crippen LogP contribution in [-0.2, 0) is 10.3 Å². The molecule has 4 aromatic rings. The normalized spacial score (nSPS) is 18.4. The van der Waals surface area contributed by atoms with Crippen molar-refractivity contribution in [1.82, 2.24) is 19.9 Å². The van der Waals surface area contributed by atoms with Crippen molar-refractivity contribution in [1.29, 1.82) is 0 Å². The zero-order valence-electron chi connectivity index (χ0n) is 18.6. The fourth-order valence-electron chi connectivity index (χ4n) is 4.32. The minimum absolute atomic E-state index is 0.316. The number of ketones is 1. The monoisotopic (exact) mass is 446 g/mol. The number of hydrogen-bond acceptors (Lipinski definition) is 6. The molecule has 9 heteroatoms. The van der Waals surface area contributed by atoms with Gasteiger partial charge in [-0.1, -0.05) is 23.4 Å². The molecule has 0 saturated carbocycles. The number of aromatic nitrogens is 2. The van der Waals surface area contributed by atoms with Crippen LogP contribution < -0.4 is 5.32 Å². The summed E-state index contributed by atoms with van der Waals surface area (Å²) in [6.45, 7) is 6.61. The number of Topliss-reactive ketones (excluding diaryl/α,β-unsaturated/α-hetero) is 1. The largest absolute Gasteiger partial charge is 0.458 e. The number of para-hydroxylation sites is 1. The van der Waals surface area contributed by atoms with Gasteiger partial charge < -0.3 is 14.3 Å². The van der Waals surface area contributed by atoms with Crippen LogP contribution in [0, 0.1) is 20.8 Å². The van der Waals surface area contributed by atoms with Gasteiger partial charge in [-0.05, 0) is 45.9 Å². The first-order valence-electron chi connectivity index (χ1n) is 10.5. The average molecular weight is 446 g/mol. The summed E-state index contributed by atoms with van der Waals surface area (Å²) < 4.78 is 12.8. The maximum atomic E-state index is 13.3. The van der Waals surface area contributed by atoms with Crippen molar-refractivity contribution in [3.05, 3.63) is 70.9 Å². The summed E-state index contributed by atoms with van der Waals surface area (Å²) in [6.07, 6.45) is 0. The van der Waals surface area contributed by atoms with Gasteiger partial charge in [0.2, 0.25) is 0 Å². The van der Waals surface area contributed by atoms with Crippen LogP contribution in [0.4, 0.5) is 4.79 Å². The fraction of sp³-hybridized carbons (Fsp3) is 0.250. The Morgan fingerprint density at radius 1 is 1.12 bits per heavy atom. The van der Waals surface area contributed by atoms with Gasteiger partial charge >= 0.3 is 6.03 Å². The number of carbonyl (C=O) groups excluding carboxylic acids is 3. The van der Waals surface area contributed by atoms with E-state index < -0.39 is 17.5 Å². The molecule has 1 unspecified atom stereocenters. The number of urea groups is 1. The second kappa shape index (κ2) is 7.19. The Bertz CT molecular complexity index is 1410. The Kier molecular flexibility index (Phi) is 4.52. The molecule has 1 aromatic carbocycles. The molecule has 5 rings (SSSR count). The molecule has 1 aliphatic heterocycles. The van der Waals surface area contributed by atoms with Gasteiger partial charge in [-0.3, -0.25) is 19.1 Å². The Morgan fingerprint density at radius 2 is 1.88 bits per heavy atom. The molecule has 1 fully saturated rings. The summed E-state index contributed by atoms with van der Waals surface area (Å²) >= 11 is 0. The molecule has 0 radical (unpaired) electrons. The Hall–Kier alpha value is -4.14. The highest BCUT2D eigenvalue weighted by Gasteiger charge is 2.51. The van der Waals surface area contributed by atoms with Gasteiger partial charge in [0.15, 0.2) is 17.1 Å². The number of fused-ring (bicyclic) bond motifs is 1.